The van der Waals surface area contributed by atoms with Crippen LogP contribution in [0.1, 0.15) is 16.7 Å². The van der Waals surface area contributed by atoms with Gasteiger partial charge in [0.25, 0.3) is 5.79 Å². The standard InChI is InChI=1S/C46H34Cl4N4O4/c1-55-37-23-21-27(25-39(37)57-3)41-42(29-13-5-9-17-33(29)47)53-46(52-41,32-16-8-12-20-36(32)50)54-44(28-22-24-38(56-2)40(26-28)58-4)43(30-14-6-10-18-34(30)48)51-45(54)31-15-7-11-19-35(31)49/h5-26H,1-4H3. The second-order valence-corrected chi connectivity index (χ2v) is 14.7. The van der Waals surface area contributed by atoms with Crippen molar-refractivity contribution in [1.82, 2.24) is 9.55 Å². The molecule has 0 amide bonds. The van der Waals surface area contributed by atoms with Crippen LogP contribution in [0.4, 0.5) is 0 Å². The Morgan fingerprint density at radius 2 is 0.931 bits per heavy atom. The van der Waals surface area contributed by atoms with E-state index in [1.54, 1.807) is 28.4 Å². The molecule has 8 nitrogen and oxygen atoms in total. The first-order valence-electron chi connectivity index (χ1n) is 18.0. The first-order chi connectivity index (χ1) is 28.2. The van der Waals surface area contributed by atoms with Crippen molar-refractivity contribution in [2.45, 2.75) is 5.79 Å². The first kappa shape index (κ1) is 39.1. The topological polar surface area (TPSA) is 79.5 Å². The molecule has 7 aromatic rings. The van der Waals surface area contributed by atoms with Crippen molar-refractivity contribution in [3.05, 3.63) is 170 Å². The van der Waals surface area contributed by atoms with Crippen molar-refractivity contribution in [3.8, 4) is 56.9 Å². The highest BCUT2D eigenvalue weighted by atomic mass is 35.5. The average molecular weight is 849 g/mol. The molecule has 12 heteroatoms. The number of aromatic nitrogens is 2. The van der Waals surface area contributed by atoms with Crippen molar-refractivity contribution < 1.29 is 18.9 Å². The van der Waals surface area contributed by atoms with Crippen LogP contribution in [0, 0.1) is 0 Å². The van der Waals surface area contributed by atoms with Gasteiger partial charge in [-0.05, 0) is 66.7 Å². The minimum atomic E-state index is -1.70. The summed E-state index contributed by atoms with van der Waals surface area (Å²) in [6.07, 6.45) is 0. The Hall–Kier alpha value is -5.77. The van der Waals surface area contributed by atoms with Gasteiger partial charge in [0.05, 0.1) is 71.3 Å². The summed E-state index contributed by atoms with van der Waals surface area (Å²) >= 11 is 28.5. The number of ether oxygens (including phenoxy) is 4. The Morgan fingerprint density at radius 1 is 0.466 bits per heavy atom. The first-order valence-corrected chi connectivity index (χ1v) is 19.5. The monoisotopic (exact) mass is 846 g/mol. The molecular formula is C46H34Cl4N4O4. The van der Waals surface area contributed by atoms with Crippen LogP contribution in [0.3, 0.4) is 0 Å². The van der Waals surface area contributed by atoms with E-state index in [0.717, 1.165) is 0 Å². The van der Waals surface area contributed by atoms with Gasteiger partial charge in [-0.3, -0.25) is 4.57 Å². The summed E-state index contributed by atoms with van der Waals surface area (Å²) in [6.45, 7) is 0. The summed E-state index contributed by atoms with van der Waals surface area (Å²) in [6, 6.07) is 41.2. The molecule has 0 spiro atoms. The Morgan fingerprint density at radius 3 is 1.48 bits per heavy atom. The maximum Gasteiger partial charge on any atom is 0.263 e. The van der Waals surface area contributed by atoms with Crippen molar-refractivity contribution >= 4 is 57.8 Å². The summed E-state index contributed by atoms with van der Waals surface area (Å²) in [5.74, 6) is 0.822. The van der Waals surface area contributed by atoms with Crippen LogP contribution in [0.5, 0.6) is 23.0 Å². The van der Waals surface area contributed by atoms with Gasteiger partial charge in [0.15, 0.2) is 23.0 Å². The van der Waals surface area contributed by atoms with E-state index < -0.39 is 5.79 Å². The zero-order chi connectivity index (χ0) is 40.6. The Labute approximate surface area is 355 Å². The Kier molecular flexibility index (Phi) is 10.9. The molecule has 1 unspecified atom stereocenters. The lowest BCUT2D eigenvalue weighted by molar-refractivity contribution is 0.355. The van der Waals surface area contributed by atoms with Gasteiger partial charge in [0.1, 0.15) is 5.82 Å². The van der Waals surface area contributed by atoms with Gasteiger partial charge in [-0.15, -0.1) is 0 Å². The lowest BCUT2D eigenvalue weighted by Crippen LogP contribution is -2.31. The van der Waals surface area contributed by atoms with E-state index in [2.05, 4.69) is 0 Å². The van der Waals surface area contributed by atoms with Crippen molar-refractivity contribution in [3.63, 3.8) is 0 Å². The molecular weight excluding hydrogens is 814 g/mol. The maximum atomic E-state index is 7.30. The summed E-state index contributed by atoms with van der Waals surface area (Å²) in [7, 11) is 6.35. The van der Waals surface area contributed by atoms with Gasteiger partial charge in [-0.1, -0.05) is 113 Å². The van der Waals surface area contributed by atoms with Gasteiger partial charge < -0.3 is 18.9 Å². The van der Waals surface area contributed by atoms with E-state index in [4.69, 9.17) is 80.3 Å². The number of aliphatic imine (C=N–C) groups is 2. The minimum absolute atomic E-state index is 0.401. The van der Waals surface area contributed by atoms with Gasteiger partial charge in [-0.2, -0.15) is 0 Å². The van der Waals surface area contributed by atoms with Gasteiger partial charge in [-0.25, -0.2) is 15.0 Å². The number of halogens is 4. The molecule has 0 N–H and O–H groups in total. The predicted molar refractivity (Wildman–Crippen MR) is 234 cm³/mol. The highest BCUT2D eigenvalue weighted by Gasteiger charge is 2.47. The Bertz CT molecular complexity index is 2770. The lowest BCUT2D eigenvalue weighted by Gasteiger charge is -2.30. The van der Waals surface area contributed by atoms with Gasteiger partial charge in [0.2, 0.25) is 0 Å². The van der Waals surface area contributed by atoms with Gasteiger partial charge >= 0.3 is 0 Å². The van der Waals surface area contributed by atoms with Crippen LogP contribution in [0.2, 0.25) is 20.1 Å². The molecule has 1 aliphatic rings. The fourth-order valence-corrected chi connectivity index (χ4v) is 8.11. The van der Waals surface area contributed by atoms with E-state index in [1.807, 2.05) is 138 Å². The number of imidazole rings is 1. The molecule has 0 bridgehead atoms. The second-order valence-electron chi connectivity index (χ2n) is 13.1. The van der Waals surface area contributed by atoms with Crippen molar-refractivity contribution in [1.29, 1.82) is 0 Å². The fourth-order valence-electron chi connectivity index (χ4n) is 7.18. The molecule has 0 aliphatic carbocycles. The highest BCUT2D eigenvalue weighted by molar-refractivity contribution is 6.56. The molecule has 1 atom stereocenters. The number of rotatable bonds is 11. The molecule has 6 aromatic carbocycles. The molecule has 8 rings (SSSR count). The minimum Gasteiger partial charge on any atom is -0.493 e. The third-order valence-electron chi connectivity index (χ3n) is 9.87. The smallest absolute Gasteiger partial charge is 0.263 e. The molecule has 0 saturated carbocycles. The SMILES string of the molecule is COc1ccc(C2=NC(c3ccccc3Cl)(n3c(-c4ccccc4Cl)nc(-c4ccccc4Cl)c3-c3ccc(OC)c(OC)c3)N=C2c2ccccc2Cl)cc1OC. The Balaban J connectivity index is 1.61. The van der Waals surface area contributed by atoms with Crippen LogP contribution < -0.4 is 18.9 Å². The maximum absolute atomic E-state index is 7.30. The molecule has 2 heterocycles. The van der Waals surface area contributed by atoms with E-state index in [9.17, 15) is 0 Å². The fraction of sp³-hybridized carbons (Fsp3) is 0.109. The van der Waals surface area contributed by atoms with E-state index in [0.29, 0.717) is 105 Å². The van der Waals surface area contributed by atoms with Gasteiger partial charge in [0, 0.05) is 33.4 Å². The summed E-state index contributed by atoms with van der Waals surface area (Å²) in [4.78, 5) is 16.8. The molecule has 290 valence electrons. The molecule has 0 saturated heterocycles. The number of methoxy groups -OCH3 is 4. The summed E-state index contributed by atoms with van der Waals surface area (Å²) in [5, 5.41) is 1.80. The highest BCUT2D eigenvalue weighted by Crippen LogP contribution is 2.50. The zero-order valence-electron chi connectivity index (χ0n) is 31.6. The zero-order valence-corrected chi connectivity index (χ0v) is 34.7. The van der Waals surface area contributed by atoms with Crippen LogP contribution >= 0.6 is 46.4 Å². The number of hydrogen-bond acceptors (Lipinski definition) is 7. The number of benzene rings is 6. The van der Waals surface area contributed by atoms with Crippen molar-refractivity contribution in [2.75, 3.05) is 28.4 Å². The van der Waals surface area contributed by atoms with E-state index >= 15 is 0 Å². The van der Waals surface area contributed by atoms with E-state index in [1.165, 1.54) is 0 Å². The van der Waals surface area contributed by atoms with Crippen LogP contribution in [0.25, 0.3) is 33.9 Å². The largest absolute Gasteiger partial charge is 0.493 e. The van der Waals surface area contributed by atoms with Crippen molar-refractivity contribution in [2.24, 2.45) is 9.98 Å². The number of hydrogen-bond donors (Lipinski definition) is 0. The van der Waals surface area contributed by atoms with E-state index in [-0.39, 0.29) is 0 Å². The average Bonchev–Trinajstić information content (AvgIpc) is 3.84. The summed E-state index contributed by atoms with van der Waals surface area (Å²) in [5.41, 5.74) is 5.96. The molecule has 58 heavy (non-hydrogen) atoms. The second kappa shape index (κ2) is 16.2. The molecule has 1 aromatic heterocycles. The lowest BCUT2D eigenvalue weighted by atomic mass is 9.99. The predicted octanol–water partition coefficient (Wildman–Crippen LogP) is 12.2. The number of nitrogens with zero attached hydrogens (tertiary/aromatic N) is 4. The van der Waals surface area contributed by atoms with Crippen LogP contribution in [-0.4, -0.2) is 49.4 Å². The molecule has 1 aliphatic heterocycles. The normalized spacial score (nSPS) is 14.8. The molecule has 0 radical (unpaired) electrons. The van der Waals surface area contributed by atoms with Crippen LogP contribution in [0.15, 0.2) is 143 Å². The third kappa shape index (κ3) is 6.76. The third-order valence-corrected chi connectivity index (χ3v) is 11.2. The molecule has 0 fully saturated rings. The summed E-state index contributed by atoms with van der Waals surface area (Å²) < 4.78 is 24.9. The van der Waals surface area contributed by atoms with Crippen LogP contribution in [-0.2, 0) is 5.79 Å². The quantitative estimate of drug-likeness (QED) is 0.130.